The largest absolute Gasteiger partial charge is 0.394 e. The fourth-order valence-electron chi connectivity index (χ4n) is 10.9. The molecule has 12 unspecified atom stereocenters. The first-order chi connectivity index (χ1) is 39.6. The van der Waals surface area contributed by atoms with Gasteiger partial charge in [0.15, 0.2) is 12.6 Å². The van der Waals surface area contributed by atoms with E-state index in [9.17, 15) is 45.6 Å². The number of ether oxygens (including phenoxy) is 4. The second-order valence-electron chi connectivity index (χ2n) is 23.5. The zero-order chi connectivity index (χ0) is 58.8. The minimum absolute atomic E-state index is 0.252. The van der Waals surface area contributed by atoms with Gasteiger partial charge in [0.2, 0.25) is 5.91 Å². The Kier molecular flexibility index (Phi) is 48.5. The van der Waals surface area contributed by atoms with Crippen LogP contribution in [0.1, 0.15) is 277 Å². The van der Waals surface area contributed by atoms with Crippen LogP contribution in [0.15, 0.2) is 48.6 Å². The van der Waals surface area contributed by atoms with Gasteiger partial charge in [0, 0.05) is 6.42 Å². The fourth-order valence-corrected chi connectivity index (χ4v) is 10.9. The highest BCUT2D eigenvalue weighted by Gasteiger charge is 2.51. The summed E-state index contributed by atoms with van der Waals surface area (Å²) in [5, 5.41) is 86.9. The molecule has 2 fully saturated rings. The van der Waals surface area contributed by atoms with Crippen molar-refractivity contribution in [2.75, 3.05) is 19.8 Å². The van der Waals surface area contributed by atoms with Crippen LogP contribution in [0.3, 0.4) is 0 Å². The van der Waals surface area contributed by atoms with E-state index in [2.05, 4.69) is 55.6 Å². The van der Waals surface area contributed by atoms with Crippen LogP contribution in [0, 0.1) is 0 Å². The smallest absolute Gasteiger partial charge is 0.220 e. The third kappa shape index (κ3) is 37.2. The van der Waals surface area contributed by atoms with E-state index < -0.39 is 86.8 Å². The maximum Gasteiger partial charge on any atom is 0.220 e. The average molecular weight is 1150 g/mol. The summed E-state index contributed by atoms with van der Waals surface area (Å²) in [6, 6.07) is -0.935. The minimum Gasteiger partial charge on any atom is -0.394 e. The summed E-state index contributed by atoms with van der Waals surface area (Å²) in [6.45, 7) is 2.66. The molecule has 9 N–H and O–H groups in total. The first-order valence-corrected chi connectivity index (χ1v) is 33.4. The summed E-state index contributed by atoms with van der Waals surface area (Å²) in [7, 11) is 0. The van der Waals surface area contributed by atoms with Crippen LogP contribution >= 0.6 is 0 Å². The first kappa shape index (κ1) is 75.0. The number of aliphatic hydroxyl groups is 8. The molecule has 2 aliphatic rings. The van der Waals surface area contributed by atoms with E-state index in [4.69, 9.17) is 18.9 Å². The number of unbranched alkanes of at least 4 members (excludes halogenated alkanes) is 35. The van der Waals surface area contributed by atoms with Gasteiger partial charge in [-0.25, -0.2) is 0 Å². The van der Waals surface area contributed by atoms with Crippen molar-refractivity contribution in [2.24, 2.45) is 0 Å². The zero-order valence-electron chi connectivity index (χ0n) is 51.3. The van der Waals surface area contributed by atoms with E-state index in [1.54, 1.807) is 6.08 Å². The van der Waals surface area contributed by atoms with Gasteiger partial charge in [-0.3, -0.25) is 4.79 Å². The van der Waals surface area contributed by atoms with Crippen molar-refractivity contribution >= 4 is 5.91 Å². The average Bonchev–Trinajstić information content (AvgIpc) is 3.55. The first-order valence-electron chi connectivity index (χ1n) is 33.4. The number of carbonyl (C=O) groups excluding carboxylic acids is 1. The molecule has 0 aromatic heterocycles. The molecule has 14 nitrogen and oxygen atoms in total. The topological polar surface area (TPSA) is 228 Å². The molecule has 2 heterocycles. The Morgan fingerprint density at radius 1 is 0.444 bits per heavy atom. The molecule has 2 rings (SSSR count). The van der Waals surface area contributed by atoms with Crippen molar-refractivity contribution in [3.8, 4) is 0 Å². The fraction of sp³-hybridized carbons (Fsp3) is 0.866. The van der Waals surface area contributed by atoms with E-state index in [0.29, 0.717) is 12.8 Å². The molecule has 474 valence electrons. The normalized spacial score (nSPS) is 24.4. The molecule has 0 radical (unpaired) electrons. The molecule has 1 amide bonds. The molecule has 2 saturated heterocycles. The van der Waals surface area contributed by atoms with Gasteiger partial charge in [0.1, 0.15) is 48.8 Å². The summed E-state index contributed by atoms with van der Waals surface area (Å²) >= 11 is 0. The number of hydrogen-bond acceptors (Lipinski definition) is 13. The predicted octanol–water partition coefficient (Wildman–Crippen LogP) is 12.7. The van der Waals surface area contributed by atoms with E-state index in [-0.39, 0.29) is 18.9 Å². The van der Waals surface area contributed by atoms with Gasteiger partial charge in [0.25, 0.3) is 0 Å². The maximum absolute atomic E-state index is 13.2. The van der Waals surface area contributed by atoms with Gasteiger partial charge < -0.3 is 65.1 Å². The number of aliphatic hydroxyl groups excluding tert-OH is 8. The van der Waals surface area contributed by atoms with Gasteiger partial charge >= 0.3 is 0 Å². The molecule has 0 spiro atoms. The Morgan fingerprint density at radius 3 is 1.27 bits per heavy atom. The number of amides is 1. The van der Waals surface area contributed by atoms with Crippen LogP contribution in [0.2, 0.25) is 0 Å². The van der Waals surface area contributed by atoms with Crippen molar-refractivity contribution in [3.05, 3.63) is 48.6 Å². The van der Waals surface area contributed by atoms with Crippen LogP contribution in [-0.2, 0) is 23.7 Å². The molecule has 12 atom stereocenters. The van der Waals surface area contributed by atoms with E-state index in [0.717, 1.165) is 44.9 Å². The monoisotopic (exact) mass is 1150 g/mol. The standard InChI is InChI=1S/C67H123NO13/c1-3-5-7-9-11-13-15-16-17-18-19-20-21-22-23-24-25-26-27-28-29-30-31-32-33-34-35-36-37-38-39-40-41-43-45-47-49-51-59(72)68-55(56(71)50-48-46-44-42-14-12-10-8-6-4-2)54-78-66-64(77)62(75)65(58(53-70)80-66)81-67-63(76)61(74)60(73)57(52-69)79-67/h6,8,14,18-19,42,48,50,55-58,60-67,69-71,73-77H,3-5,7,9-13,15-17,20-41,43-47,49,51-54H2,1-2H3,(H,68,72)/b8-6+,19-18-,42-14+,50-48+. The number of carbonyl (C=O) groups is 1. The van der Waals surface area contributed by atoms with E-state index in [1.165, 1.54) is 199 Å². The van der Waals surface area contributed by atoms with Crippen molar-refractivity contribution < 1.29 is 64.6 Å². The SMILES string of the molecule is CC/C=C/CC/C=C/CC/C=C/C(O)C(COC1OC(CO)C(OC2OC(CO)C(O)C(O)C2O)C(O)C1O)NC(=O)CCCCCCCCCCCCCCCCCCCCCCCCCCC/C=C\CCCCCCCCCC. The number of allylic oxidation sites excluding steroid dienone is 7. The summed E-state index contributed by atoms with van der Waals surface area (Å²) in [5.74, 6) is -0.252. The van der Waals surface area contributed by atoms with Gasteiger partial charge in [0.05, 0.1) is 32.0 Å². The van der Waals surface area contributed by atoms with Crippen LogP contribution < -0.4 is 5.32 Å². The zero-order valence-corrected chi connectivity index (χ0v) is 51.3. The molecular formula is C67H123NO13. The van der Waals surface area contributed by atoms with E-state index >= 15 is 0 Å². The summed E-state index contributed by atoms with van der Waals surface area (Å²) in [4.78, 5) is 13.2. The van der Waals surface area contributed by atoms with Crippen LogP contribution in [0.25, 0.3) is 0 Å². The Labute approximate surface area is 493 Å². The molecule has 14 heteroatoms. The number of rotatable bonds is 54. The molecule has 0 aromatic carbocycles. The number of nitrogens with one attached hydrogen (secondary N) is 1. The number of hydrogen-bond donors (Lipinski definition) is 9. The highest BCUT2D eigenvalue weighted by atomic mass is 16.7. The Bertz CT molecular complexity index is 1540. The second-order valence-corrected chi connectivity index (χ2v) is 23.5. The minimum atomic E-state index is -1.79. The van der Waals surface area contributed by atoms with Gasteiger partial charge in [-0.1, -0.05) is 255 Å². The van der Waals surface area contributed by atoms with Crippen molar-refractivity contribution in [1.29, 1.82) is 0 Å². The van der Waals surface area contributed by atoms with Gasteiger partial charge in [-0.05, 0) is 64.2 Å². The molecule has 0 aromatic rings. The van der Waals surface area contributed by atoms with Gasteiger partial charge in [-0.15, -0.1) is 0 Å². The highest BCUT2D eigenvalue weighted by molar-refractivity contribution is 5.76. The van der Waals surface area contributed by atoms with Crippen molar-refractivity contribution in [3.63, 3.8) is 0 Å². The molecule has 0 saturated carbocycles. The van der Waals surface area contributed by atoms with E-state index in [1.807, 2.05) is 6.08 Å². The Morgan fingerprint density at radius 2 is 0.827 bits per heavy atom. The Balaban J connectivity index is 1.54. The third-order valence-electron chi connectivity index (χ3n) is 16.2. The van der Waals surface area contributed by atoms with Gasteiger partial charge in [-0.2, -0.15) is 0 Å². The summed E-state index contributed by atoms with van der Waals surface area (Å²) in [6.07, 6.45) is 50.9. The molecular weight excluding hydrogens is 1030 g/mol. The summed E-state index contributed by atoms with van der Waals surface area (Å²) < 4.78 is 22.7. The van der Waals surface area contributed by atoms with Crippen LogP contribution in [0.4, 0.5) is 0 Å². The molecule has 2 aliphatic heterocycles. The lowest BCUT2D eigenvalue weighted by Crippen LogP contribution is -2.65. The molecule has 0 aliphatic carbocycles. The molecule has 0 bridgehead atoms. The van der Waals surface area contributed by atoms with Crippen molar-refractivity contribution in [2.45, 2.75) is 351 Å². The predicted molar refractivity (Wildman–Crippen MR) is 327 cm³/mol. The third-order valence-corrected chi connectivity index (χ3v) is 16.2. The lowest BCUT2D eigenvalue weighted by molar-refractivity contribution is -0.359. The maximum atomic E-state index is 13.2. The molecule has 81 heavy (non-hydrogen) atoms. The lowest BCUT2D eigenvalue weighted by Gasteiger charge is -2.46. The lowest BCUT2D eigenvalue weighted by atomic mass is 9.97. The highest BCUT2D eigenvalue weighted by Crippen LogP contribution is 2.30. The van der Waals surface area contributed by atoms with Crippen LogP contribution in [0.5, 0.6) is 0 Å². The van der Waals surface area contributed by atoms with Crippen molar-refractivity contribution in [1.82, 2.24) is 5.32 Å². The quantitative estimate of drug-likeness (QED) is 0.0204. The summed E-state index contributed by atoms with van der Waals surface area (Å²) in [5.41, 5.74) is 0. The second kappa shape index (κ2) is 52.3. The van der Waals surface area contributed by atoms with Crippen LogP contribution in [-0.4, -0.2) is 140 Å². The Hall–Kier alpha value is -2.05.